The van der Waals surface area contributed by atoms with Gasteiger partial charge < -0.3 is 4.90 Å². The minimum absolute atomic E-state index is 0.170. The Bertz CT molecular complexity index is 675. The minimum Gasteiger partial charge on any atom is -0.334 e. The van der Waals surface area contributed by atoms with Crippen LogP contribution in [0.5, 0.6) is 0 Å². The van der Waals surface area contributed by atoms with Crippen LogP contribution in [0.15, 0.2) is 29.8 Å². The number of carbonyl (C=O) groups is 1. The molecule has 24 heavy (non-hydrogen) atoms. The number of nitrogens with zero attached hydrogens (tertiary/aromatic N) is 4. The maximum atomic E-state index is 12.8. The molecule has 0 radical (unpaired) electrons. The molecular weight excluding hydrogens is 320 g/mol. The van der Waals surface area contributed by atoms with Crippen molar-refractivity contribution in [2.75, 3.05) is 19.6 Å². The van der Waals surface area contributed by atoms with Crippen molar-refractivity contribution >= 4 is 17.2 Å². The van der Waals surface area contributed by atoms with Crippen molar-refractivity contribution < 1.29 is 4.79 Å². The molecule has 0 spiro atoms. The largest absolute Gasteiger partial charge is 0.334 e. The van der Waals surface area contributed by atoms with Crippen molar-refractivity contribution in [2.45, 2.75) is 39.3 Å². The minimum atomic E-state index is 0.170. The number of hydrogen-bond acceptors (Lipinski definition) is 5. The molecular formula is C18H24N4OS. The van der Waals surface area contributed by atoms with Gasteiger partial charge in [-0.3, -0.25) is 14.7 Å². The molecule has 1 fully saturated rings. The van der Waals surface area contributed by atoms with Crippen molar-refractivity contribution in [3.05, 3.63) is 35.5 Å². The maximum absolute atomic E-state index is 12.8. The number of amides is 1. The van der Waals surface area contributed by atoms with E-state index in [1.807, 2.05) is 28.5 Å². The molecule has 0 N–H and O–H groups in total. The van der Waals surface area contributed by atoms with Crippen LogP contribution in [0, 0.1) is 0 Å². The second-order valence-corrected chi connectivity index (χ2v) is 7.25. The zero-order valence-electron chi connectivity index (χ0n) is 14.5. The summed E-state index contributed by atoms with van der Waals surface area (Å²) in [7, 11) is 0. The first-order valence-electron chi connectivity index (χ1n) is 8.47. The second-order valence-electron chi connectivity index (χ2n) is 6.39. The fraction of sp³-hybridized carbons (Fsp3) is 0.500. The Morgan fingerprint density at radius 2 is 2.04 bits per heavy atom. The van der Waals surface area contributed by atoms with E-state index in [-0.39, 0.29) is 18.0 Å². The van der Waals surface area contributed by atoms with Gasteiger partial charge in [0.05, 0.1) is 17.8 Å². The Hall–Kier alpha value is -1.79. The number of piperazine rings is 1. The summed E-state index contributed by atoms with van der Waals surface area (Å²) in [5, 5.41) is 2.84. The standard InChI is InChI=1S/C18H24N4OS/c1-4-21-10-13(2)22(14(3)11-21)17(23)9-15-12-24-18(20-15)16-7-5-6-8-19-16/h5-8,12-14H,4,9-11H2,1-3H3/t13-,14+. The molecule has 1 saturated heterocycles. The lowest BCUT2D eigenvalue weighted by Gasteiger charge is -2.44. The van der Waals surface area contributed by atoms with Crippen LogP contribution < -0.4 is 0 Å². The van der Waals surface area contributed by atoms with Gasteiger partial charge in [0, 0.05) is 36.8 Å². The van der Waals surface area contributed by atoms with E-state index in [4.69, 9.17) is 0 Å². The first-order valence-corrected chi connectivity index (χ1v) is 9.35. The van der Waals surface area contributed by atoms with Crippen LogP contribution in [0.25, 0.3) is 10.7 Å². The van der Waals surface area contributed by atoms with Gasteiger partial charge in [0.25, 0.3) is 0 Å². The quantitative estimate of drug-likeness (QED) is 0.856. The lowest BCUT2D eigenvalue weighted by Crippen LogP contribution is -2.58. The van der Waals surface area contributed by atoms with Gasteiger partial charge in [-0.25, -0.2) is 4.98 Å². The molecule has 1 aliphatic rings. The van der Waals surface area contributed by atoms with Crippen molar-refractivity contribution in [3.63, 3.8) is 0 Å². The SMILES string of the molecule is CCN1C[C@@H](C)N(C(=O)Cc2csc(-c3ccccn3)n2)[C@@H](C)C1. The predicted molar refractivity (Wildman–Crippen MR) is 96.9 cm³/mol. The van der Waals surface area contributed by atoms with E-state index in [9.17, 15) is 4.79 Å². The highest BCUT2D eigenvalue weighted by atomic mass is 32.1. The molecule has 1 aliphatic heterocycles. The van der Waals surface area contributed by atoms with Gasteiger partial charge in [0.1, 0.15) is 5.01 Å². The molecule has 2 aromatic rings. The van der Waals surface area contributed by atoms with Crippen LogP contribution >= 0.6 is 11.3 Å². The lowest BCUT2D eigenvalue weighted by molar-refractivity contribution is -0.138. The van der Waals surface area contributed by atoms with E-state index in [2.05, 4.69) is 35.6 Å². The summed E-state index contributed by atoms with van der Waals surface area (Å²) in [6.07, 6.45) is 2.13. The number of rotatable bonds is 4. The molecule has 0 aliphatic carbocycles. The highest BCUT2D eigenvalue weighted by molar-refractivity contribution is 7.13. The maximum Gasteiger partial charge on any atom is 0.229 e. The Kier molecular flexibility index (Phi) is 5.26. The monoisotopic (exact) mass is 344 g/mol. The van der Waals surface area contributed by atoms with Gasteiger partial charge in [-0.05, 0) is 32.5 Å². The normalized spacial score (nSPS) is 21.9. The summed E-state index contributed by atoms with van der Waals surface area (Å²) in [6, 6.07) is 6.27. The van der Waals surface area contributed by atoms with Gasteiger partial charge in [-0.15, -0.1) is 11.3 Å². The number of thiazole rings is 1. The number of hydrogen-bond donors (Lipinski definition) is 0. The molecule has 1 amide bonds. The number of likely N-dealkylation sites (N-methyl/N-ethyl adjacent to an activating group) is 1. The van der Waals surface area contributed by atoms with Crippen LogP contribution in [0.2, 0.25) is 0 Å². The van der Waals surface area contributed by atoms with Crippen molar-refractivity contribution in [1.82, 2.24) is 19.8 Å². The third-order valence-electron chi connectivity index (χ3n) is 4.50. The number of pyridine rings is 1. The van der Waals surface area contributed by atoms with Crippen molar-refractivity contribution in [1.29, 1.82) is 0 Å². The topological polar surface area (TPSA) is 49.3 Å². The first-order chi connectivity index (χ1) is 11.6. The molecule has 3 heterocycles. The van der Waals surface area contributed by atoms with Crippen LogP contribution in [-0.4, -0.2) is 57.4 Å². The summed E-state index contributed by atoms with van der Waals surface area (Å²) in [6.45, 7) is 9.38. The average Bonchev–Trinajstić information content (AvgIpc) is 3.03. The molecule has 6 heteroatoms. The van der Waals surface area contributed by atoms with Gasteiger partial charge in [0.2, 0.25) is 5.91 Å². The zero-order valence-corrected chi connectivity index (χ0v) is 15.3. The number of aromatic nitrogens is 2. The van der Waals surface area contributed by atoms with Gasteiger partial charge >= 0.3 is 0 Å². The molecule has 0 bridgehead atoms. The summed E-state index contributed by atoms with van der Waals surface area (Å²) in [5.41, 5.74) is 1.70. The molecule has 128 valence electrons. The summed E-state index contributed by atoms with van der Waals surface area (Å²) in [5.74, 6) is 0.170. The highest BCUT2D eigenvalue weighted by Crippen LogP contribution is 2.23. The van der Waals surface area contributed by atoms with Crippen molar-refractivity contribution in [2.24, 2.45) is 0 Å². The van der Waals surface area contributed by atoms with Crippen LogP contribution in [0.3, 0.4) is 0 Å². The van der Waals surface area contributed by atoms with Gasteiger partial charge in [-0.1, -0.05) is 13.0 Å². The van der Waals surface area contributed by atoms with Gasteiger partial charge in [-0.2, -0.15) is 0 Å². The van der Waals surface area contributed by atoms with Crippen molar-refractivity contribution in [3.8, 4) is 10.7 Å². The van der Waals surface area contributed by atoms with E-state index in [0.717, 1.165) is 36.0 Å². The van der Waals surface area contributed by atoms with E-state index in [1.54, 1.807) is 17.5 Å². The van der Waals surface area contributed by atoms with Gasteiger partial charge in [0.15, 0.2) is 0 Å². The Balaban J connectivity index is 1.68. The lowest BCUT2D eigenvalue weighted by atomic mass is 10.1. The Morgan fingerprint density at radius 1 is 1.29 bits per heavy atom. The predicted octanol–water partition coefficient (Wildman–Crippen LogP) is 2.69. The molecule has 5 nitrogen and oxygen atoms in total. The fourth-order valence-electron chi connectivity index (χ4n) is 3.42. The Labute approximate surface area is 147 Å². The second kappa shape index (κ2) is 7.40. The summed E-state index contributed by atoms with van der Waals surface area (Å²) >= 11 is 1.54. The van der Waals surface area contributed by atoms with E-state index in [0.29, 0.717) is 6.42 Å². The fourth-order valence-corrected chi connectivity index (χ4v) is 4.22. The van der Waals surface area contributed by atoms with E-state index < -0.39 is 0 Å². The average molecular weight is 344 g/mol. The number of carbonyl (C=O) groups excluding carboxylic acids is 1. The molecule has 0 unspecified atom stereocenters. The molecule has 0 saturated carbocycles. The third kappa shape index (κ3) is 3.65. The molecule has 0 aromatic carbocycles. The smallest absolute Gasteiger partial charge is 0.229 e. The molecule has 2 aromatic heterocycles. The third-order valence-corrected chi connectivity index (χ3v) is 5.41. The summed E-state index contributed by atoms with van der Waals surface area (Å²) < 4.78 is 0. The van der Waals surface area contributed by atoms with Crippen LogP contribution in [0.1, 0.15) is 26.5 Å². The zero-order chi connectivity index (χ0) is 17.1. The molecule has 3 rings (SSSR count). The Morgan fingerprint density at radius 3 is 2.67 bits per heavy atom. The van der Waals surface area contributed by atoms with E-state index in [1.165, 1.54) is 0 Å². The van der Waals surface area contributed by atoms with E-state index >= 15 is 0 Å². The van der Waals surface area contributed by atoms with Crippen LogP contribution in [0.4, 0.5) is 0 Å². The first kappa shape index (κ1) is 17.0. The highest BCUT2D eigenvalue weighted by Gasteiger charge is 2.32. The summed E-state index contributed by atoms with van der Waals surface area (Å²) in [4.78, 5) is 26.1. The molecule has 2 atom stereocenters. The van der Waals surface area contributed by atoms with Crippen LogP contribution in [-0.2, 0) is 11.2 Å².